The molecule has 3 heteroatoms. The molecule has 1 aliphatic carbocycles. The second-order valence-electron chi connectivity index (χ2n) is 5.79. The Labute approximate surface area is 104 Å². The van der Waals surface area contributed by atoms with E-state index >= 15 is 0 Å². The first-order valence-corrected chi connectivity index (χ1v) is 7.68. The van der Waals surface area contributed by atoms with E-state index in [0.717, 1.165) is 25.9 Å². The molecule has 1 atom stereocenters. The van der Waals surface area contributed by atoms with E-state index in [0.29, 0.717) is 4.75 Å². The number of hydrogen-bond acceptors (Lipinski definition) is 3. The summed E-state index contributed by atoms with van der Waals surface area (Å²) in [7, 11) is 0. The molecule has 2 aliphatic rings. The van der Waals surface area contributed by atoms with Gasteiger partial charge in [0.25, 0.3) is 0 Å². The topological polar surface area (TPSA) is 32.3 Å². The predicted molar refractivity (Wildman–Crippen MR) is 71.0 cm³/mol. The molecule has 0 amide bonds. The highest BCUT2D eigenvalue weighted by Crippen LogP contribution is 2.37. The standard InChI is InChI=1S/C13H25NOS/c1-12(6-5-9-16-12)10-14-11-13(15)7-3-2-4-8-13/h14-15H,2-11H2,1H3. The summed E-state index contributed by atoms with van der Waals surface area (Å²) in [6.07, 6.45) is 8.36. The number of nitrogens with one attached hydrogen (secondary N) is 1. The minimum absolute atomic E-state index is 0.405. The monoisotopic (exact) mass is 243 g/mol. The third-order valence-electron chi connectivity index (χ3n) is 4.04. The van der Waals surface area contributed by atoms with Crippen molar-refractivity contribution >= 4 is 11.8 Å². The van der Waals surface area contributed by atoms with Crippen LogP contribution in [-0.4, -0.2) is 34.3 Å². The minimum Gasteiger partial charge on any atom is -0.389 e. The highest BCUT2D eigenvalue weighted by Gasteiger charge is 2.32. The molecule has 2 fully saturated rings. The third-order valence-corrected chi connectivity index (χ3v) is 5.58. The fourth-order valence-electron chi connectivity index (χ4n) is 2.92. The van der Waals surface area contributed by atoms with Gasteiger partial charge >= 0.3 is 0 Å². The number of thioether (sulfide) groups is 1. The Bertz CT molecular complexity index is 220. The van der Waals surface area contributed by atoms with E-state index in [1.54, 1.807) is 0 Å². The summed E-state index contributed by atoms with van der Waals surface area (Å²) in [6.45, 7) is 4.20. The maximum absolute atomic E-state index is 10.4. The first kappa shape index (κ1) is 12.7. The Balaban J connectivity index is 1.70. The van der Waals surface area contributed by atoms with Crippen molar-refractivity contribution in [2.75, 3.05) is 18.8 Å². The van der Waals surface area contributed by atoms with Crippen LogP contribution in [0.25, 0.3) is 0 Å². The molecule has 94 valence electrons. The van der Waals surface area contributed by atoms with Crippen LogP contribution in [0.3, 0.4) is 0 Å². The van der Waals surface area contributed by atoms with Crippen molar-refractivity contribution in [1.29, 1.82) is 0 Å². The van der Waals surface area contributed by atoms with Crippen molar-refractivity contribution in [3.8, 4) is 0 Å². The van der Waals surface area contributed by atoms with Crippen molar-refractivity contribution in [2.45, 2.75) is 62.2 Å². The molecule has 16 heavy (non-hydrogen) atoms. The maximum Gasteiger partial charge on any atom is 0.0771 e. The first-order valence-electron chi connectivity index (χ1n) is 6.69. The lowest BCUT2D eigenvalue weighted by Gasteiger charge is -2.33. The van der Waals surface area contributed by atoms with Gasteiger partial charge < -0.3 is 10.4 Å². The minimum atomic E-state index is -0.405. The van der Waals surface area contributed by atoms with Gasteiger partial charge in [0.1, 0.15) is 0 Å². The summed E-state index contributed by atoms with van der Waals surface area (Å²) < 4.78 is 0.422. The molecule has 0 bridgehead atoms. The first-order chi connectivity index (χ1) is 7.62. The van der Waals surface area contributed by atoms with Crippen LogP contribution in [0.2, 0.25) is 0 Å². The van der Waals surface area contributed by atoms with Crippen molar-refractivity contribution < 1.29 is 5.11 Å². The predicted octanol–water partition coefficient (Wildman–Crippen LogP) is 2.56. The average Bonchev–Trinajstić information content (AvgIpc) is 2.66. The SMILES string of the molecule is CC1(CNCC2(O)CCCCC2)CCCS1. The quantitative estimate of drug-likeness (QED) is 0.796. The number of aliphatic hydroxyl groups is 1. The molecule has 1 unspecified atom stereocenters. The van der Waals surface area contributed by atoms with Crippen LogP contribution in [0.5, 0.6) is 0 Å². The molecule has 0 aromatic rings. The second kappa shape index (κ2) is 5.28. The van der Waals surface area contributed by atoms with Crippen LogP contribution >= 0.6 is 11.8 Å². The average molecular weight is 243 g/mol. The van der Waals surface area contributed by atoms with Gasteiger partial charge in [-0.2, -0.15) is 11.8 Å². The van der Waals surface area contributed by atoms with Gasteiger partial charge in [-0.15, -0.1) is 0 Å². The van der Waals surface area contributed by atoms with Gasteiger partial charge in [0.15, 0.2) is 0 Å². The Morgan fingerprint density at radius 1 is 1.06 bits per heavy atom. The van der Waals surface area contributed by atoms with Crippen LogP contribution in [0.4, 0.5) is 0 Å². The molecule has 1 saturated heterocycles. The van der Waals surface area contributed by atoms with E-state index in [9.17, 15) is 5.11 Å². The smallest absolute Gasteiger partial charge is 0.0771 e. The normalized spacial score (nSPS) is 34.1. The van der Waals surface area contributed by atoms with E-state index in [-0.39, 0.29) is 0 Å². The van der Waals surface area contributed by atoms with Gasteiger partial charge in [-0.3, -0.25) is 0 Å². The Morgan fingerprint density at radius 2 is 1.81 bits per heavy atom. The van der Waals surface area contributed by atoms with Crippen LogP contribution in [-0.2, 0) is 0 Å². The summed E-state index contributed by atoms with van der Waals surface area (Å²) in [5, 5.41) is 13.9. The van der Waals surface area contributed by atoms with Crippen LogP contribution in [0.1, 0.15) is 51.9 Å². The lowest BCUT2D eigenvalue weighted by molar-refractivity contribution is 0.00472. The van der Waals surface area contributed by atoms with Crippen molar-refractivity contribution in [3.05, 3.63) is 0 Å². The van der Waals surface area contributed by atoms with E-state index in [1.165, 1.54) is 37.9 Å². The number of rotatable bonds is 4. The van der Waals surface area contributed by atoms with Crippen molar-refractivity contribution in [3.63, 3.8) is 0 Å². The van der Waals surface area contributed by atoms with E-state index in [2.05, 4.69) is 24.0 Å². The van der Waals surface area contributed by atoms with E-state index in [4.69, 9.17) is 0 Å². The van der Waals surface area contributed by atoms with Crippen LogP contribution < -0.4 is 5.32 Å². The molecule has 2 nitrogen and oxygen atoms in total. The Hall–Kier alpha value is 0.270. The third kappa shape index (κ3) is 3.38. The molecular weight excluding hydrogens is 218 g/mol. The molecule has 1 saturated carbocycles. The molecule has 2 N–H and O–H groups in total. The lowest BCUT2D eigenvalue weighted by atomic mass is 9.85. The zero-order valence-corrected chi connectivity index (χ0v) is 11.2. The van der Waals surface area contributed by atoms with Crippen molar-refractivity contribution in [2.24, 2.45) is 0 Å². The van der Waals surface area contributed by atoms with E-state index in [1.807, 2.05) is 0 Å². The lowest BCUT2D eigenvalue weighted by Crippen LogP contribution is -2.45. The highest BCUT2D eigenvalue weighted by atomic mass is 32.2. The van der Waals surface area contributed by atoms with Gasteiger partial charge in [-0.05, 0) is 38.4 Å². The molecule has 2 rings (SSSR count). The molecular formula is C13H25NOS. The molecule has 0 aromatic carbocycles. The van der Waals surface area contributed by atoms with Crippen molar-refractivity contribution in [1.82, 2.24) is 5.32 Å². The van der Waals surface area contributed by atoms with Gasteiger partial charge in [0.05, 0.1) is 5.60 Å². The van der Waals surface area contributed by atoms with Crippen LogP contribution in [0, 0.1) is 0 Å². The zero-order valence-electron chi connectivity index (χ0n) is 10.4. The maximum atomic E-state index is 10.4. The zero-order chi connectivity index (χ0) is 11.5. The summed E-state index contributed by atoms with van der Waals surface area (Å²) >= 11 is 2.09. The van der Waals surface area contributed by atoms with Gasteiger partial charge in [0, 0.05) is 17.8 Å². The van der Waals surface area contributed by atoms with E-state index < -0.39 is 5.60 Å². The van der Waals surface area contributed by atoms with Gasteiger partial charge in [0.2, 0.25) is 0 Å². The van der Waals surface area contributed by atoms with Gasteiger partial charge in [-0.1, -0.05) is 19.3 Å². The molecule has 1 aliphatic heterocycles. The van der Waals surface area contributed by atoms with Crippen LogP contribution in [0.15, 0.2) is 0 Å². The summed E-state index contributed by atoms with van der Waals surface area (Å²) in [5.74, 6) is 1.31. The molecule has 0 aromatic heterocycles. The fourth-order valence-corrected chi connectivity index (χ4v) is 4.20. The molecule has 0 spiro atoms. The summed E-state index contributed by atoms with van der Waals surface area (Å²) in [6, 6.07) is 0. The summed E-state index contributed by atoms with van der Waals surface area (Å²) in [5.41, 5.74) is -0.405. The number of hydrogen-bond donors (Lipinski definition) is 2. The Kier molecular flexibility index (Phi) is 4.20. The molecule has 1 heterocycles. The highest BCUT2D eigenvalue weighted by molar-refractivity contribution is 8.00. The van der Waals surface area contributed by atoms with Gasteiger partial charge in [-0.25, -0.2) is 0 Å². The molecule has 0 radical (unpaired) electrons. The summed E-state index contributed by atoms with van der Waals surface area (Å²) in [4.78, 5) is 0. The second-order valence-corrected chi connectivity index (χ2v) is 7.47. The largest absolute Gasteiger partial charge is 0.389 e. The fraction of sp³-hybridized carbons (Fsp3) is 1.00. The Morgan fingerprint density at radius 3 is 2.44 bits per heavy atom.